The summed E-state index contributed by atoms with van der Waals surface area (Å²) in [6.07, 6.45) is 4.36. The van der Waals surface area contributed by atoms with Gasteiger partial charge in [0.15, 0.2) is 21.3 Å². The van der Waals surface area contributed by atoms with Gasteiger partial charge in [-0.2, -0.15) is 5.26 Å². The van der Waals surface area contributed by atoms with E-state index in [0.29, 0.717) is 16.8 Å². The number of nitriles is 1. The standard InChI is InChI=1S/C14H11N5O2S/c1-22(20,21)11-4-2-3-9(5-11)10-7-17-14-12(6-15)13(16)18-19(14)8-10/h2-5,7-8H,1H3,(H2,16,18). The molecule has 0 aliphatic carbocycles. The molecule has 2 heterocycles. The highest BCUT2D eigenvalue weighted by molar-refractivity contribution is 7.90. The van der Waals surface area contributed by atoms with Crippen LogP contribution in [-0.2, 0) is 9.84 Å². The van der Waals surface area contributed by atoms with Gasteiger partial charge in [0.1, 0.15) is 11.6 Å². The molecule has 0 unspecified atom stereocenters. The van der Waals surface area contributed by atoms with E-state index in [1.54, 1.807) is 30.6 Å². The van der Waals surface area contributed by atoms with Crippen LogP contribution >= 0.6 is 0 Å². The molecule has 8 heteroatoms. The van der Waals surface area contributed by atoms with Crippen molar-refractivity contribution in [3.8, 4) is 17.2 Å². The van der Waals surface area contributed by atoms with Crippen molar-refractivity contribution >= 4 is 21.3 Å². The third-order valence-electron chi connectivity index (χ3n) is 3.21. The Bertz CT molecular complexity index is 1030. The topological polar surface area (TPSA) is 114 Å². The van der Waals surface area contributed by atoms with E-state index in [9.17, 15) is 8.42 Å². The summed E-state index contributed by atoms with van der Waals surface area (Å²) >= 11 is 0. The Labute approximate surface area is 126 Å². The van der Waals surface area contributed by atoms with Gasteiger partial charge >= 0.3 is 0 Å². The van der Waals surface area contributed by atoms with Crippen LogP contribution in [0.2, 0.25) is 0 Å². The molecule has 0 bridgehead atoms. The monoisotopic (exact) mass is 313 g/mol. The zero-order valence-corrected chi connectivity index (χ0v) is 12.4. The Balaban J connectivity index is 2.18. The third-order valence-corrected chi connectivity index (χ3v) is 4.32. The first-order valence-electron chi connectivity index (χ1n) is 6.24. The summed E-state index contributed by atoms with van der Waals surface area (Å²) in [7, 11) is -3.29. The second-order valence-corrected chi connectivity index (χ2v) is 6.80. The summed E-state index contributed by atoms with van der Waals surface area (Å²) in [5.41, 5.74) is 7.60. The number of aromatic nitrogens is 3. The van der Waals surface area contributed by atoms with Gasteiger partial charge < -0.3 is 5.73 Å². The van der Waals surface area contributed by atoms with E-state index in [2.05, 4.69) is 10.1 Å². The maximum Gasteiger partial charge on any atom is 0.175 e. The number of hydrogen-bond donors (Lipinski definition) is 1. The zero-order chi connectivity index (χ0) is 15.9. The van der Waals surface area contributed by atoms with Crippen LogP contribution in [0.25, 0.3) is 16.8 Å². The molecule has 3 rings (SSSR count). The average molecular weight is 313 g/mol. The number of nitrogens with two attached hydrogens (primary N) is 1. The van der Waals surface area contributed by atoms with Gasteiger partial charge in [0.25, 0.3) is 0 Å². The fourth-order valence-electron chi connectivity index (χ4n) is 2.11. The first kappa shape index (κ1) is 14.0. The molecule has 0 spiro atoms. The number of sulfone groups is 1. The van der Waals surface area contributed by atoms with Crippen molar-refractivity contribution < 1.29 is 8.42 Å². The molecule has 1 aromatic carbocycles. The predicted octanol–water partition coefficient (Wildman–Crippen LogP) is 1.25. The predicted molar refractivity (Wildman–Crippen MR) is 80.7 cm³/mol. The van der Waals surface area contributed by atoms with E-state index in [4.69, 9.17) is 11.0 Å². The lowest BCUT2D eigenvalue weighted by atomic mass is 10.1. The number of anilines is 1. The highest BCUT2D eigenvalue weighted by atomic mass is 32.2. The van der Waals surface area contributed by atoms with Gasteiger partial charge in [-0.15, -0.1) is 5.10 Å². The largest absolute Gasteiger partial charge is 0.381 e. The molecule has 0 saturated carbocycles. The van der Waals surface area contributed by atoms with Gasteiger partial charge in [0.05, 0.1) is 4.90 Å². The van der Waals surface area contributed by atoms with Crippen LogP contribution in [0.3, 0.4) is 0 Å². The average Bonchev–Trinajstić information content (AvgIpc) is 2.80. The smallest absolute Gasteiger partial charge is 0.175 e. The SMILES string of the molecule is CS(=O)(=O)c1cccc(-c2cnc3c(C#N)c(N)nn3c2)c1. The van der Waals surface area contributed by atoms with Gasteiger partial charge in [-0.25, -0.2) is 17.9 Å². The molecule has 110 valence electrons. The second-order valence-electron chi connectivity index (χ2n) is 4.78. The summed E-state index contributed by atoms with van der Waals surface area (Å²) < 4.78 is 24.7. The van der Waals surface area contributed by atoms with Crippen molar-refractivity contribution in [1.29, 1.82) is 5.26 Å². The van der Waals surface area contributed by atoms with Crippen LogP contribution in [-0.4, -0.2) is 29.3 Å². The molecule has 22 heavy (non-hydrogen) atoms. The summed E-state index contributed by atoms with van der Waals surface area (Å²) in [4.78, 5) is 4.41. The third kappa shape index (κ3) is 2.27. The lowest BCUT2D eigenvalue weighted by molar-refractivity contribution is 0.602. The number of fused-ring (bicyclic) bond motifs is 1. The maximum atomic E-state index is 11.6. The first-order chi connectivity index (χ1) is 10.4. The first-order valence-corrected chi connectivity index (χ1v) is 8.14. The van der Waals surface area contributed by atoms with Crippen molar-refractivity contribution in [2.75, 3.05) is 12.0 Å². The van der Waals surface area contributed by atoms with Crippen LogP contribution in [0, 0.1) is 11.3 Å². The van der Waals surface area contributed by atoms with E-state index in [1.807, 2.05) is 6.07 Å². The van der Waals surface area contributed by atoms with Crippen molar-refractivity contribution in [1.82, 2.24) is 14.6 Å². The molecule has 0 atom stereocenters. The molecule has 3 aromatic rings. The van der Waals surface area contributed by atoms with E-state index < -0.39 is 9.84 Å². The van der Waals surface area contributed by atoms with Crippen molar-refractivity contribution in [3.63, 3.8) is 0 Å². The molecule has 2 N–H and O–H groups in total. The molecule has 0 saturated heterocycles. The normalized spacial score (nSPS) is 11.5. The second kappa shape index (κ2) is 4.82. The highest BCUT2D eigenvalue weighted by Gasteiger charge is 2.13. The Hall–Kier alpha value is -2.92. The molecule has 7 nitrogen and oxygen atoms in total. The molecule has 0 radical (unpaired) electrons. The van der Waals surface area contributed by atoms with E-state index in [0.717, 1.165) is 6.26 Å². The summed E-state index contributed by atoms with van der Waals surface area (Å²) in [6.45, 7) is 0. The number of nitrogens with zero attached hydrogens (tertiary/aromatic N) is 4. The van der Waals surface area contributed by atoms with Gasteiger partial charge in [0.2, 0.25) is 0 Å². The molecule has 0 aliphatic heterocycles. The van der Waals surface area contributed by atoms with Crippen LogP contribution in [0.1, 0.15) is 5.56 Å². The molecule has 0 aliphatic rings. The summed E-state index contributed by atoms with van der Waals surface area (Å²) in [5.74, 6) is 0.108. The molecule has 0 fully saturated rings. The molecule has 2 aromatic heterocycles. The van der Waals surface area contributed by atoms with Crippen molar-refractivity contribution in [2.24, 2.45) is 0 Å². The zero-order valence-electron chi connectivity index (χ0n) is 11.6. The quantitative estimate of drug-likeness (QED) is 0.761. The Morgan fingerprint density at radius 2 is 2.09 bits per heavy atom. The van der Waals surface area contributed by atoms with Crippen LogP contribution in [0.15, 0.2) is 41.6 Å². The van der Waals surface area contributed by atoms with Crippen LogP contribution in [0.5, 0.6) is 0 Å². The number of rotatable bonds is 2. The molecular formula is C14H11N5O2S. The minimum Gasteiger partial charge on any atom is -0.381 e. The van der Waals surface area contributed by atoms with E-state index >= 15 is 0 Å². The van der Waals surface area contributed by atoms with Gasteiger partial charge in [0, 0.05) is 24.2 Å². The van der Waals surface area contributed by atoms with Gasteiger partial charge in [-0.3, -0.25) is 0 Å². The maximum absolute atomic E-state index is 11.6. The lowest BCUT2D eigenvalue weighted by Gasteiger charge is -2.04. The highest BCUT2D eigenvalue weighted by Crippen LogP contribution is 2.23. The fourth-order valence-corrected chi connectivity index (χ4v) is 2.78. The fraction of sp³-hybridized carbons (Fsp3) is 0.0714. The van der Waals surface area contributed by atoms with Gasteiger partial charge in [-0.05, 0) is 17.7 Å². The van der Waals surface area contributed by atoms with Crippen LogP contribution in [0.4, 0.5) is 5.82 Å². The Morgan fingerprint density at radius 3 is 2.77 bits per heavy atom. The minimum atomic E-state index is -3.29. The molecular weight excluding hydrogens is 302 g/mol. The Kier molecular flexibility index (Phi) is 3.08. The van der Waals surface area contributed by atoms with E-state index in [1.165, 1.54) is 10.6 Å². The van der Waals surface area contributed by atoms with E-state index in [-0.39, 0.29) is 16.3 Å². The number of hydrogen-bond acceptors (Lipinski definition) is 6. The summed E-state index contributed by atoms with van der Waals surface area (Å²) in [5, 5.41) is 13.1. The lowest BCUT2D eigenvalue weighted by Crippen LogP contribution is -1.97. The van der Waals surface area contributed by atoms with Gasteiger partial charge in [-0.1, -0.05) is 12.1 Å². The minimum absolute atomic E-state index is 0.108. The number of benzene rings is 1. The number of nitrogen functional groups attached to an aromatic ring is 1. The Morgan fingerprint density at radius 1 is 1.32 bits per heavy atom. The van der Waals surface area contributed by atoms with Crippen LogP contribution < -0.4 is 5.73 Å². The molecule has 0 amide bonds. The van der Waals surface area contributed by atoms with Crippen molar-refractivity contribution in [2.45, 2.75) is 4.90 Å². The summed E-state index contributed by atoms with van der Waals surface area (Å²) in [6, 6.07) is 8.49. The van der Waals surface area contributed by atoms with Crippen molar-refractivity contribution in [3.05, 3.63) is 42.2 Å².